The number of amides is 2. The number of thioether (sulfide) groups is 1. The fourth-order valence-corrected chi connectivity index (χ4v) is 4.44. The second-order valence-corrected chi connectivity index (χ2v) is 8.39. The number of carbonyl (C=O) groups excluding carboxylic acids is 2. The summed E-state index contributed by atoms with van der Waals surface area (Å²) < 4.78 is 11.4. The average molecular weight is 448 g/mol. The van der Waals surface area contributed by atoms with Crippen LogP contribution in [-0.4, -0.2) is 29.3 Å². The lowest BCUT2D eigenvalue weighted by Gasteiger charge is -2.14. The zero-order chi connectivity index (χ0) is 22.5. The molecule has 1 saturated heterocycles. The molecule has 3 aromatic rings. The molecule has 32 heavy (non-hydrogen) atoms. The summed E-state index contributed by atoms with van der Waals surface area (Å²) in [5, 5.41) is 1.87. The highest BCUT2D eigenvalue weighted by Gasteiger charge is 2.35. The van der Waals surface area contributed by atoms with Gasteiger partial charge in [-0.2, -0.15) is 0 Å². The highest BCUT2D eigenvalue weighted by Crippen LogP contribution is 2.36. The Kier molecular flexibility index (Phi) is 6.81. The lowest BCUT2D eigenvalue weighted by Crippen LogP contribution is -2.27. The largest absolute Gasteiger partial charge is 0.490 e. The summed E-state index contributed by atoms with van der Waals surface area (Å²) in [6.07, 6.45) is 2.64. The van der Waals surface area contributed by atoms with Crippen molar-refractivity contribution in [1.29, 1.82) is 0 Å². The Morgan fingerprint density at radius 2 is 1.75 bits per heavy atom. The maximum absolute atomic E-state index is 13.0. The molecule has 3 aromatic carbocycles. The minimum Gasteiger partial charge on any atom is -0.490 e. The zero-order valence-corrected chi connectivity index (χ0v) is 19.0. The van der Waals surface area contributed by atoms with Crippen molar-refractivity contribution in [2.75, 3.05) is 13.2 Å². The Hall–Kier alpha value is -3.25. The van der Waals surface area contributed by atoms with Gasteiger partial charge in [-0.1, -0.05) is 55.5 Å². The maximum Gasteiger partial charge on any atom is 0.293 e. The third-order valence-electron chi connectivity index (χ3n) is 5.11. The van der Waals surface area contributed by atoms with Gasteiger partial charge in [0.25, 0.3) is 11.1 Å². The molecule has 2 amide bonds. The summed E-state index contributed by atoms with van der Waals surface area (Å²) in [6.45, 7) is 5.31. The molecule has 0 aromatic heterocycles. The predicted octanol–water partition coefficient (Wildman–Crippen LogP) is 6.26. The Morgan fingerprint density at radius 3 is 2.56 bits per heavy atom. The molecule has 0 saturated carbocycles. The van der Waals surface area contributed by atoms with E-state index in [4.69, 9.17) is 9.47 Å². The summed E-state index contributed by atoms with van der Waals surface area (Å²) in [5.74, 6) is 1.02. The van der Waals surface area contributed by atoms with Crippen molar-refractivity contribution >= 4 is 39.8 Å². The Balaban J connectivity index is 1.57. The third-order valence-corrected chi connectivity index (χ3v) is 6.02. The summed E-state index contributed by atoms with van der Waals surface area (Å²) in [4.78, 5) is 27.4. The zero-order valence-electron chi connectivity index (χ0n) is 18.2. The van der Waals surface area contributed by atoms with Gasteiger partial charge in [0.2, 0.25) is 0 Å². The first kappa shape index (κ1) is 22.0. The van der Waals surface area contributed by atoms with Gasteiger partial charge >= 0.3 is 0 Å². The van der Waals surface area contributed by atoms with Crippen LogP contribution >= 0.6 is 11.8 Å². The molecule has 0 bridgehead atoms. The lowest BCUT2D eigenvalue weighted by atomic mass is 10.0. The molecule has 0 atom stereocenters. The molecule has 0 N–H and O–H groups in total. The molecule has 4 rings (SSSR count). The van der Waals surface area contributed by atoms with Gasteiger partial charge < -0.3 is 9.47 Å². The molecular weight excluding hydrogens is 422 g/mol. The standard InChI is InChI=1S/C26H25NO4S/c1-3-14-31-22-13-12-18(15-23(22)30-4-2)16-24-25(28)27(26(29)32-24)17-20-10-7-9-19-8-5-6-11-21(19)20/h5-13,15-16H,3-4,14,17H2,1-2H3/b24-16-. The molecule has 0 radical (unpaired) electrons. The van der Waals surface area contributed by atoms with Gasteiger partial charge in [0.05, 0.1) is 24.7 Å². The van der Waals surface area contributed by atoms with Crippen molar-refractivity contribution in [3.05, 3.63) is 76.7 Å². The van der Waals surface area contributed by atoms with E-state index in [1.54, 1.807) is 6.08 Å². The molecular formula is C26H25NO4S. The summed E-state index contributed by atoms with van der Waals surface area (Å²) in [6, 6.07) is 19.5. The molecule has 164 valence electrons. The van der Waals surface area contributed by atoms with Gasteiger partial charge in [0.1, 0.15) is 0 Å². The van der Waals surface area contributed by atoms with E-state index in [2.05, 4.69) is 0 Å². The summed E-state index contributed by atoms with van der Waals surface area (Å²) in [5.41, 5.74) is 1.73. The molecule has 0 spiro atoms. The van der Waals surface area contributed by atoms with Crippen LogP contribution in [0.2, 0.25) is 0 Å². The number of imide groups is 1. The topological polar surface area (TPSA) is 55.8 Å². The normalized spacial score (nSPS) is 15.1. The molecule has 5 nitrogen and oxygen atoms in total. The minimum atomic E-state index is -0.280. The number of carbonyl (C=O) groups is 2. The number of rotatable bonds is 8. The minimum absolute atomic E-state index is 0.247. The Labute approximate surface area is 192 Å². The Bertz CT molecular complexity index is 1180. The fourth-order valence-electron chi connectivity index (χ4n) is 3.60. The van der Waals surface area contributed by atoms with Gasteiger partial charge in [0.15, 0.2) is 11.5 Å². The highest BCUT2D eigenvalue weighted by atomic mass is 32.2. The van der Waals surface area contributed by atoms with Crippen molar-refractivity contribution < 1.29 is 19.1 Å². The van der Waals surface area contributed by atoms with E-state index in [0.717, 1.165) is 40.1 Å². The van der Waals surface area contributed by atoms with Crippen LogP contribution in [0.4, 0.5) is 4.79 Å². The first-order valence-corrected chi connectivity index (χ1v) is 11.5. The van der Waals surface area contributed by atoms with Crippen LogP contribution in [0.1, 0.15) is 31.4 Å². The first-order chi connectivity index (χ1) is 15.6. The van der Waals surface area contributed by atoms with Gasteiger partial charge in [-0.25, -0.2) is 0 Å². The van der Waals surface area contributed by atoms with Crippen LogP contribution in [0.15, 0.2) is 65.6 Å². The van der Waals surface area contributed by atoms with Gasteiger partial charge in [-0.15, -0.1) is 0 Å². The molecule has 6 heteroatoms. The average Bonchev–Trinajstić information content (AvgIpc) is 3.06. The fraction of sp³-hybridized carbons (Fsp3) is 0.231. The van der Waals surface area contributed by atoms with Gasteiger partial charge in [-0.05, 0) is 65.2 Å². The van der Waals surface area contributed by atoms with E-state index in [9.17, 15) is 9.59 Å². The predicted molar refractivity (Wildman–Crippen MR) is 129 cm³/mol. The number of fused-ring (bicyclic) bond motifs is 1. The number of nitrogens with zero attached hydrogens (tertiary/aromatic N) is 1. The van der Waals surface area contributed by atoms with Crippen molar-refractivity contribution in [2.24, 2.45) is 0 Å². The monoisotopic (exact) mass is 447 g/mol. The number of ether oxygens (including phenoxy) is 2. The second-order valence-electron chi connectivity index (χ2n) is 7.39. The van der Waals surface area contributed by atoms with Crippen LogP contribution in [0.5, 0.6) is 11.5 Å². The SMILES string of the molecule is CCCOc1ccc(/C=C2\SC(=O)N(Cc3cccc4ccccc34)C2=O)cc1OCC. The number of hydrogen-bond donors (Lipinski definition) is 0. The van der Waals surface area contributed by atoms with Crippen molar-refractivity contribution in [1.82, 2.24) is 4.90 Å². The van der Waals surface area contributed by atoms with E-state index in [1.807, 2.05) is 74.5 Å². The molecule has 0 aliphatic carbocycles. The molecule has 1 aliphatic heterocycles. The van der Waals surface area contributed by atoms with Crippen molar-refractivity contribution in [3.8, 4) is 11.5 Å². The third kappa shape index (κ3) is 4.65. The van der Waals surface area contributed by atoms with Crippen LogP contribution < -0.4 is 9.47 Å². The molecule has 1 heterocycles. The first-order valence-electron chi connectivity index (χ1n) is 10.7. The highest BCUT2D eigenvalue weighted by molar-refractivity contribution is 8.18. The van der Waals surface area contributed by atoms with Gasteiger partial charge in [-0.3, -0.25) is 14.5 Å². The Morgan fingerprint density at radius 1 is 0.938 bits per heavy atom. The number of hydrogen-bond acceptors (Lipinski definition) is 5. The van der Waals surface area contributed by atoms with Crippen LogP contribution in [0, 0.1) is 0 Å². The quantitative estimate of drug-likeness (QED) is 0.381. The summed E-state index contributed by atoms with van der Waals surface area (Å²) in [7, 11) is 0. The van der Waals surface area contributed by atoms with Crippen LogP contribution in [0.25, 0.3) is 16.8 Å². The van der Waals surface area contributed by atoms with E-state index in [0.29, 0.717) is 29.6 Å². The van der Waals surface area contributed by atoms with Crippen LogP contribution in [0.3, 0.4) is 0 Å². The van der Waals surface area contributed by atoms with E-state index < -0.39 is 0 Å². The van der Waals surface area contributed by atoms with E-state index >= 15 is 0 Å². The van der Waals surface area contributed by atoms with Gasteiger partial charge in [0, 0.05) is 0 Å². The molecule has 1 aliphatic rings. The van der Waals surface area contributed by atoms with E-state index in [1.165, 1.54) is 4.90 Å². The lowest BCUT2D eigenvalue weighted by molar-refractivity contribution is -0.123. The smallest absolute Gasteiger partial charge is 0.293 e. The maximum atomic E-state index is 13.0. The van der Waals surface area contributed by atoms with Crippen molar-refractivity contribution in [3.63, 3.8) is 0 Å². The van der Waals surface area contributed by atoms with Crippen molar-refractivity contribution in [2.45, 2.75) is 26.8 Å². The molecule has 0 unspecified atom stereocenters. The second kappa shape index (κ2) is 9.92. The molecule has 1 fully saturated rings. The summed E-state index contributed by atoms with van der Waals surface area (Å²) >= 11 is 0.965. The van der Waals surface area contributed by atoms with Crippen LogP contribution in [-0.2, 0) is 11.3 Å². The number of benzene rings is 3. The van der Waals surface area contributed by atoms with E-state index in [-0.39, 0.29) is 17.7 Å².